The van der Waals surface area contributed by atoms with Crippen molar-refractivity contribution in [1.82, 2.24) is 0 Å². The Morgan fingerprint density at radius 1 is 1.25 bits per heavy atom. The molecule has 0 aromatic heterocycles. The lowest BCUT2D eigenvalue weighted by atomic mass is 9.94. The van der Waals surface area contributed by atoms with Gasteiger partial charge >= 0.3 is 0 Å². The minimum atomic E-state index is -0.557. The van der Waals surface area contributed by atoms with E-state index < -0.39 is 5.92 Å². The Kier molecular flexibility index (Phi) is 4.23. The van der Waals surface area contributed by atoms with Crippen LogP contribution in [0.2, 0.25) is 0 Å². The van der Waals surface area contributed by atoms with E-state index in [0.29, 0.717) is 17.7 Å². The Bertz CT molecular complexity index is 379. The number of hydrogen-bond acceptors (Lipinski definition) is 3. The van der Waals surface area contributed by atoms with Gasteiger partial charge in [0.2, 0.25) is 0 Å². The first-order chi connectivity index (χ1) is 7.60. The van der Waals surface area contributed by atoms with Crippen molar-refractivity contribution < 1.29 is 14.3 Å². The van der Waals surface area contributed by atoms with Crippen molar-refractivity contribution in [3.8, 4) is 5.75 Å². The molecule has 0 aliphatic heterocycles. The quantitative estimate of drug-likeness (QED) is 0.565. The molecule has 0 N–H and O–H groups in total. The standard InChI is InChI=1S/C13H16O3/c1-4-12(14)9(2)13(15)10-5-7-11(16-3)8-6-10/h5-9H,4H2,1-3H3. The van der Waals surface area contributed by atoms with Gasteiger partial charge in [0, 0.05) is 12.0 Å². The van der Waals surface area contributed by atoms with Crippen LogP contribution in [-0.2, 0) is 4.79 Å². The normalized spacial score (nSPS) is 11.9. The lowest BCUT2D eigenvalue weighted by Crippen LogP contribution is -2.20. The van der Waals surface area contributed by atoms with E-state index in [0.717, 1.165) is 0 Å². The Morgan fingerprint density at radius 2 is 1.81 bits per heavy atom. The third kappa shape index (κ3) is 2.69. The highest BCUT2D eigenvalue weighted by Crippen LogP contribution is 2.15. The van der Waals surface area contributed by atoms with Crippen LogP contribution in [0.3, 0.4) is 0 Å². The van der Waals surface area contributed by atoms with E-state index in [1.165, 1.54) is 0 Å². The van der Waals surface area contributed by atoms with Crippen LogP contribution in [0.5, 0.6) is 5.75 Å². The van der Waals surface area contributed by atoms with E-state index in [9.17, 15) is 9.59 Å². The molecule has 1 atom stereocenters. The predicted octanol–water partition coefficient (Wildman–Crippen LogP) is 2.49. The molecule has 0 radical (unpaired) electrons. The van der Waals surface area contributed by atoms with Crippen molar-refractivity contribution in [2.24, 2.45) is 5.92 Å². The molecule has 0 heterocycles. The van der Waals surface area contributed by atoms with E-state index >= 15 is 0 Å². The monoisotopic (exact) mass is 220 g/mol. The van der Waals surface area contributed by atoms with Gasteiger partial charge in [0.25, 0.3) is 0 Å². The fraction of sp³-hybridized carbons (Fsp3) is 0.385. The highest BCUT2D eigenvalue weighted by molar-refractivity contribution is 6.10. The van der Waals surface area contributed by atoms with Crippen molar-refractivity contribution in [2.45, 2.75) is 20.3 Å². The number of carbonyl (C=O) groups is 2. The van der Waals surface area contributed by atoms with Crippen LogP contribution in [-0.4, -0.2) is 18.7 Å². The van der Waals surface area contributed by atoms with E-state index in [-0.39, 0.29) is 11.6 Å². The van der Waals surface area contributed by atoms with E-state index in [1.54, 1.807) is 45.2 Å². The summed E-state index contributed by atoms with van der Waals surface area (Å²) in [5, 5.41) is 0. The highest BCUT2D eigenvalue weighted by Gasteiger charge is 2.20. The molecule has 0 fully saturated rings. The Hall–Kier alpha value is -1.64. The molecule has 1 aromatic carbocycles. The van der Waals surface area contributed by atoms with Crippen LogP contribution in [0.1, 0.15) is 30.6 Å². The van der Waals surface area contributed by atoms with E-state index in [1.807, 2.05) is 0 Å². The average molecular weight is 220 g/mol. The Balaban J connectivity index is 2.84. The summed E-state index contributed by atoms with van der Waals surface area (Å²) in [6.07, 6.45) is 0.392. The zero-order chi connectivity index (χ0) is 12.1. The van der Waals surface area contributed by atoms with Gasteiger partial charge in [-0.1, -0.05) is 6.92 Å². The summed E-state index contributed by atoms with van der Waals surface area (Å²) < 4.78 is 5.00. The van der Waals surface area contributed by atoms with E-state index in [4.69, 9.17) is 4.74 Å². The average Bonchev–Trinajstić information content (AvgIpc) is 2.36. The fourth-order valence-corrected chi connectivity index (χ4v) is 1.46. The van der Waals surface area contributed by atoms with Crippen LogP contribution < -0.4 is 4.74 Å². The van der Waals surface area contributed by atoms with Gasteiger partial charge in [0.05, 0.1) is 13.0 Å². The first-order valence-corrected chi connectivity index (χ1v) is 5.31. The zero-order valence-electron chi connectivity index (χ0n) is 9.82. The van der Waals surface area contributed by atoms with Crippen molar-refractivity contribution in [3.63, 3.8) is 0 Å². The lowest BCUT2D eigenvalue weighted by Gasteiger charge is -2.08. The summed E-state index contributed by atoms with van der Waals surface area (Å²) in [5.41, 5.74) is 0.551. The molecule has 1 unspecified atom stereocenters. The molecule has 0 spiro atoms. The van der Waals surface area contributed by atoms with Gasteiger partial charge in [-0.3, -0.25) is 9.59 Å². The van der Waals surface area contributed by atoms with Gasteiger partial charge < -0.3 is 4.74 Å². The SMILES string of the molecule is CCC(=O)C(C)C(=O)c1ccc(OC)cc1. The molecule has 1 rings (SSSR count). The summed E-state index contributed by atoms with van der Waals surface area (Å²) in [5.74, 6) is -0.0141. The molecule has 0 saturated carbocycles. The van der Waals surface area contributed by atoms with Crippen LogP contribution in [0, 0.1) is 5.92 Å². The van der Waals surface area contributed by atoms with Crippen molar-refractivity contribution in [2.75, 3.05) is 7.11 Å². The molecule has 0 aliphatic rings. The van der Waals surface area contributed by atoms with Crippen LogP contribution >= 0.6 is 0 Å². The summed E-state index contributed by atoms with van der Waals surface area (Å²) in [7, 11) is 1.57. The second-order valence-corrected chi connectivity index (χ2v) is 3.63. The van der Waals surface area contributed by atoms with E-state index in [2.05, 4.69) is 0 Å². The summed E-state index contributed by atoms with van der Waals surface area (Å²) >= 11 is 0. The first kappa shape index (κ1) is 12.4. The highest BCUT2D eigenvalue weighted by atomic mass is 16.5. The maximum Gasteiger partial charge on any atom is 0.173 e. The number of ether oxygens (including phenoxy) is 1. The molecule has 3 nitrogen and oxygen atoms in total. The predicted molar refractivity (Wildman–Crippen MR) is 61.8 cm³/mol. The number of rotatable bonds is 5. The number of carbonyl (C=O) groups excluding carboxylic acids is 2. The molecule has 3 heteroatoms. The molecule has 1 aromatic rings. The second-order valence-electron chi connectivity index (χ2n) is 3.63. The molecular weight excluding hydrogens is 204 g/mol. The van der Waals surface area contributed by atoms with Crippen molar-refractivity contribution >= 4 is 11.6 Å². The number of methoxy groups -OCH3 is 1. The molecule has 16 heavy (non-hydrogen) atoms. The van der Waals surface area contributed by atoms with Gasteiger partial charge in [0.15, 0.2) is 5.78 Å². The molecule has 0 aliphatic carbocycles. The summed E-state index contributed by atoms with van der Waals surface area (Å²) in [4.78, 5) is 23.3. The maximum absolute atomic E-state index is 11.9. The fourth-order valence-electron chi connectivity index (χ4n) is 1.46. The Labute approximate surface area is 95.4 Å². The van der Waals surface area contributed by atoms with Gasteiger partial charge in [-0.05, 0) is 31.2 Å². The third-order valence-electron chi connectivity index (χ3n) is 2.60. The van der Waals surface area contributed by atoms with Crippen molar-refractivity contribution in [1.29, 1.82) is 0 Å². The Morgan fingerprint density at radius 3 is 2.25 bits per heavy atom. The minimum Gasteiger partial charge on any atom is -0.497 e. The molecule has 0 amide bonds. The summed E-state index contributed by atoms with van der Waals surface area (Å²) in [6.45, 7) is 3.42. The number of ketones is 2. The van der Waals surface area contributed by atoms with Crippen LogP contribution in [0.15, 0.2) is 24.3 Å². The van der Waals surface area contributed by atoms with Crippen LogP contribution in [0.4, 0.5) is 0 Å². The summed E-state index contributed by atoms with van der Waals surface area (Å²) in [6, 6.07) is 6.80. The number of hydrogen-bond donors (Lipinski definition) is 0. The molecule has 86 valence electrons. The van der Waals surface area contributed by atoms with Gasteiger partial charge in [-0.25, -0.2) is 0 Å². The topological polar surface area (TPSA) is 43.4 Å². The molecule has 0 saturated heterocycles. The lowest BCUT2D eigenvalue weighted by molar-refractivity contribution is -0.120. The third-order valence-corrected chi connectivity index (χ3v) is 2.60. The van der Waals surface area contributed by atoms with Gasteiger partial charge in [0.1, 0.15) is 11.5 Å². The minimum absolute atomic E-state index is 0.0270. The smallest absolute Gasteiger partial charge is 0.173 e. The maximum atomic E-state index is 11.9. The van der Waals surface area contributed by atoms with Crippen LogP contribution in [0.25, 0.3) is 0 Å². The number of benzene rings is 1. The number of Topliss-reactive ketones (excluding diaryl/α,β-unsaturated/α-hetero) is 2. The molecular formula is C13H16O3. The van der Waals surface area contributed by atoms with Gasteiger partial charge in [-0.15, -0.1) is 0 Å². The van der Waals surface area contributed by atoms with Crippen molar-refractivity contribution in [3.05, 3.63) is 29.8 Å². The zero-order valence-corrected chi connectivity index (χ0v) is 9.82. The second kappa shape index (κ2) is 5.45. The van der Waals surface area contributed by atoms with Gasteiger partial charge in [-0.2, -0.15) is 0 Å². The largest absolute Gasteiger partial charge is 0.497 e. The molecule has 0 bridgehead atoms. The first-order valence-electron chi connectivity index (χ1n) is 5.31.